The van der Waals surface area contributed by atoms with Crippen molar-refractivity contribution in [2.75, 3.05) is 5.32 Å². The van der Waals surface area contributed by atoms with Crippen LogP contribution in [0.15, 0.2) is 35.5 Å². The highest BCUT2D eigenvalue weighted by Gasteiger charge is 2.18. The molecule has 5 nitrogen and oxygen atoms in total. The fourth-order valence-electron chi connectivity index (χ4n) is 2.42. The molecule has 4 N–H and O–H groups in total. The lowest BCUT2D eigenvalue weighted by atomic mass is 10.2. The van der Waals surface area contributed by atoms with Gasteiger partial charge in [0.15, 0.2) is 5.84 Å². The van der Waals surface area contributed by atoms with Crippen LogP contribution in [0.5, 0.6) is 0 Å². The zero-order valence-electron chi connectivity index (χ0n) is 11.3. The summed E-state index contributed by atoms with van der Waals surface area (Å²) in [6, 6.07) is 8.84. The number of aryl methyl sites for hydroxylation is 2. The topological polar surface area (TPSA) is 87.7 Å². The molecule has 1 aromatic carbocycles. The van der Waals surface area contributed by atoms with Crippen molar-refractivity contribution in [1.29, 1.82) is 0 Å². The molecular formula is C15H15N3O2S. The van der Waals surface area contributed by atoms with Crippen molar-refractivity contribution in [2.45, 2.75) is 19.3 Å². The molecular weight excluding hydrogens is 286 g/mol. The van der Waals surface area contributed by atoms with Crippen LogP contribution in [0, 0.1) is 0 Å². The van der Waals surface area contributed by atoms with Crippen LogP contribution in [0.3, 0.4) is 0 Å². The van der Waals surface area contributed by atoms with Gasteiger partial charge in [-0.1, -0.05) is 5.16 Å². The molecule has 1 heterocycles. The number of carbonyl (C=O) groups is 1. The summed E-state index contributed by atoms with van der Waals surface area (Å²) in [7, 11) is 0. The van der Waals surface area contributed by atoms with Gasteiger partial charge in [-0.05, 0) is 55.2 Å². The van der Waals surface area contributed by atoms with Gasteiger partial charge in [0.1, 0.15) is 0 Å². The summed E-state index contributed by atoms with van der Waals surface area (Å²) in [5.41, 5.74) is 8.09. The zero-order valence-corrected chi connectivity index (χ0v) is 12.1. The molecule has 1 aliphatic carbocycles. The fourth-order valence-corrected chi connectivity index (χ4v) is 3.56. The molecule has 0 spiro atoms. The first kappa shape index (κ1) is 13.6. The standard InChI is InChI=1S/C15H15N3O2S/c16-14(18-20)9-4-6-11(7-5-9)17-15(19)13-8-10-2-1-3-12(10)21-13/h4-8,20H,1-3H2,(H2,16,18)(H,17,19). The van der Waals surface area contributed by atoms with E-state index in [1.165, 1.54) is 16.9 Å². The molecule has 0 radical (unpaired) electrons. The van der Waals surface area contributed by atoms with Gasteiger partial charge in [-0.3, -0.25) is 4.79 Å². The van der Waals surface area contributed by atoms with Crippen LogP contribution in [0.1, 0.15) is 32.1 Å². The van der Waals surface area contributed by atoms with E-state index in [0.717, 1.165) is 17.7 Å². The first-order chi connectivity index (χ1) is 10.2. The second-order valence-corrected chi connectivity index (χ2v) is 6.07. The Labute approximate surface area is 126 Å². The van der Waals surface area contributed by atoms with Crippen molar-refractivity contribution >= 4 is 28.8 Å². The van der Waals surface area contributed by atoms with Gasteiger partial charge < -0.3 is 16.3 Å². The number of fused-ring (bicyclic) bond motifs is 1. The number of nitrogens with two attached hydrogens (primary N) is 1. The Kier molecular flexibility index (Phi) is 3.62. The minimum Gasteiger partial charge on any atom is -0.409 e. The summed E-state index contributed by atoms with van der Waals surface area (Å²) in [6.07, 6.45) is 3.35. The van der Waals surface area contributed by atoms with Crippen LogP contribution in [0.4, 0.5) is 5.69 Å². The number of amides is 1. The number of amidine groups is 1. The molecule has 1 aliphatic rings. The second kappa shape index (κ2) is 5.57. The lowest BCUT2D eigenvalue weighted by Gasteiger charge is -2.05. The first-order valence-electron chi connectivity index (χ1n) is 6.68. The molecule has 2 aromatic rings. The van der Waals surface area contributed by atoms with Crippen LogP contribution >= 0.6 is 11.3 Å². The number of carbonyl (C=O) groups excluding carboxylic acids is 1. The molecule has 1 amide bonds. The Bertz CT molecular complexity index is 683. The van der Waals surface area contributed by atoms with E-state index in [4.69, 9.17) is 10.9 Å². The Morgan fingerprint density at radius 3 is 2.71 bits per heavy atom. The van der Waals surface area contributed by atoms with Gasteiger partial charge in [-0.15, -0.1) is 11.3 Å². The Hall–Kier alpha value is -2.34. The summed E-state index contributed by atoms with van der Waals surface area (Å²) >= 11 is 1.58. The number of rotatable bonds is 3. The van der Waals surface area contributed by atoms with Crippen molar-refractivity contribution < 1.29 is 10.0 Å². The number of oxime groups is 1. The highest BCUT2D eigenvalue weighted by molar-refractivity contribution is 7.14. The summed E-state index contributed by atoms with van der Waals surface area (Å²) in [6.45, 7) is 0. The third-order valence-corrected chi connectivity index (χ3v) is 4.75. The third kappa shape index (κ3) is 2.75. The van der Waals surface area contributed by atoms with E-state index in [-0.39, 0.29) is 11.7 Å². The number of thiophene rings is 1. The maximum atomic E-state index is 12.2. The van der Waals surface area contributed by atoms with E-state index < -0.39 is 0 Å². The molecule has 0 saturated carbocycles. The minimum absolute atomic E-state index is 0.0440. The number of nitrogens with zero attached hydrogens (tertiary/aromatic N) is 1. The van der Waals surface area contributed by atoms with Crippen molar-refractivity contribution in [3.63, 3.8) is 0 Å². The van der Waals surface area contributed by atoms with Gasteiger partial charge in [-0.25, -0.2) is 0 Å². The van der Waals surface area contributed by atoms with Crippen molar-refractivity contribution in [2.24, 2.45) is 10.9 Å². The number of hydrogen-bond donors (Lipinski definition) is 3. The Morgan fingerprint density at radius 1 is 1.29 bits per heavy atom. The van der Waals surface area contributed by atoms with E-state index in [1.54, 1.807) is 35.6 Å². The normalized spacial score (nSPS) is 14.0. The van der Waals surface area contributed by atoms with E-state index in [1.807, 2.05) is 6.07 Å². The largest absolute Gasteiger partial charge is 0.409 e. The average Bonchev–Trinajstić information content (AvgIpc) is 3.08. The van der Waals surface area contributed by atoms with Crippen LogP contribution < -0.4 is 11.1 Å². The summed E-state index contributed by atoms with van der Waals surface area (Å²) < 4.78 is 0. The zero-order chi connectivity index (χ0) is 14.8. The van der Waals surface area contributed by atoms with E-state index in [9.17, 15) is 4.79 Å². The summed E-state index contributed by atoms with van der Waals surface area (Å²) in [5, 5.41) is 14.4. The Balaban J connectivity index is 1.72. The average molecular weight is 301 g/mol. The molecule has 0 saturated heterocycles. The minimum atomic E-state index is -0.0917. The molecule has 0 aliphatic heterocycles. The molecule has 0 atom stereocenters. The molecule has 3 rings (SSSR count). The van der Waals surface area contributed by atoms with Crippen LogP contribution in [0.2, 0.25) is 0 Å². The molecule has 0 fully saturated rings. The van der Waals surface area contributed by atoms with Crippen molar-refractivity contribution in [3.8, 4) is 0 Å². The van der Waals surface area contributed by atoms with Crippen molar-refractivity contribution in [3.05, 3.63) is 51.2 Å². The number of benzene rings is 1. The maximum Gasteiger partial charge on any atom is 0.265 e. The highest BCUT2D eigenvalue weighted by atomic mass is 32.1. The third-order valence-electron chi connectivity index (χ3n) is 3.52. The van der Waals surface area contributed by atoms with Crippen LogP contribution in [0.25, 0.3) is 0 Å². The Morgan fingerprint density at radius 2 is 2.05 bits per heavy atom. The summed E-state index contributed by atoms with van der Waals surface area (Å²) in [4.78, 5) is 14.3. The lowest BCUT2D eigenvalue weighted by molar-refractivity contribution is 0.103. The van der Waals surface area contributed by atoms with Gasteiger partial charge in [-0.2, -0.15) is 0 Å². The van der Waals surface area contributed by atoms with Crippen LogP contribution in [-0.2, 0) is 12.8 Å². The SMILES string of the molecule is N/C(=N/O)c1ccc(NC(=O)c2cc3c(s2)CCC3)cc1. The predicted octanol–water partition coefficient (Wildman–Crippen LogP) is 2.58. The van der Waals surface area contributed by atoms with Gasteiger partial charge in [0, 0.05) is 16.1 Å². The monoisotopic (exact) mass is 301 g/mol. The van der Waals surface area contributed by atoms with Gasteiger partial charge in [0.05, 0.1) is 4.88 Å². The van der Waals surface area contributed by atoms with Gasteiger partial charge in [0.2, 0.25) is 0 Å². The second-order valence-electron chi connectivity index (χ2n) is 4.93. The molecule has 6 heteroatoms. The van der Waals surface area contributed by atoms with Crippen molar-refractivity contribution in [1.82, 2.24) is 0 Å². The molecule has 0 unspecified atom stereocenters. The molecule has 0 bridgehead atoms. The summed E-state index contributed by atoms with van der Waals surface area (Å²) in [5.74, 6) is -0.0477. The quantitative estimate of drug-likeness (QED) is 0.352. The van der Waals surface area contributed by atoms with Gasteiger partial charge in [0.25, 0.3) is 5.91 Å². The van der Waals surface area contributed by atoms with E-state index >= 15 is 0 Å². The lowest BCUT2D eigenvalue weighted by Crippen LogP contribution is -2.14. The van der Waals surface area contributed by atoms with Crippen LogP contribution in [-0.4, -0.2) is 17.0 Å². The van der Waals surface area contributed by atoms with E-state index in [2.05, 4.69) is 10.5 Å². The number of hydrogen-bond acceptors (Lipinski definition) is 4. The van der Waals surface area contributed by atoms with E-state index in [0.29, 0.717) is 11.3 Å². The first-order valence-corrected chi connectivity index (χ1v) is 7.50. The smallest absolute Gasteiger partial charge is 0.265 e. The predicted molar refractivity (Wildman–Crippen MR) is 83.3 cm³/mol. The molecule has 1 aromatic heterocycles. The van der Waals surface area contributed by atoms with Gasteiger partial charge >= 0.3 is 0 Å². The molecule has 21 heavy (non-hydrogen) atoms. The molecule has 108 valence electrons. The number of anilines is 1. The maximum absolute atomic E-state index is 12.2. The number of nitrogens with one attached hydrogen (secondary N) is 1. The fraction of sp³-hybridized carbons (Fsp3) is 0.200. The highest BCUT2D eigenvalue weighted by Crippen LogP contribution is 2.30.